The van der Waals surface area contributed by atoms with Gasteiger partial charge in [0.2, 0.25) is 11.8 Å². The average molecular weight is 586 g/mol. The zero-order valence-electron chi connectivity index (χ0n) is 23.1. The van der Waals surface area contributed by atoms with Crippen molar-refractivity contribution < 1.29 is 14.3 Å². The van der Waals surface area contributed by atoms with Crippen LogP contribution in [0.2, 0.25) is 0 Å². The quantitative estimate of drug-likeness (QED) is 0.242. The Morgan fingerprint density at radius 3 is 2.46 bits per heavy atom. The molecular formula is C31H31N5O3S2. The summed E-state index contributed by atoms with van der Waals surface area (Å²) in [6.45, 7) is 6.09. The van der Waals surface area contributed by atoms with E-state index in [-0.39, 0.29) is 17.7 Å². The molecule has 7 rings (SSSR count). The van der Waals surface area contributed by atoms with Crippen LogP contribution >= 0.6 is 22.7 Å². The van der Waals surface area contributed by atoms with E-state index in [1.807, 2.05) is 53.1 Å². The van der Waals surface area contributed by atoms with Gasteiger partial charge in [0.15, 0.2) is 0 Å². The molecule has 1 unspecified atom stereocenters. The largest absolute Gasteiger partial charge is 0.457 e. The van der Waals surface area contributed by atoms with Crippen molar-refractivity contribution >= 4 is 34.5 Å². The number of nitrogens with zero attached hydrogens (tertiary/aromatic N) is 5. The predicted octanol–water partition coefficient (Wildman–Crippen LogP) is 6.28. The van der Waals surface area contributed by atoms with E-state index < -0.39 is 0 Å². The van der Waals surface area contributed by atoms with Gasteiger partial charge < -0.3 is 14.5 Å². The molecule has 0 N–H and O–H groups in total. The summed E-state index contributed by atoms with van der Waals surface area (Å²) < 4.78 is 6.46. The first-order chi connectivity index (χ1) is 19.9. The molecule has 3 fully saturated rings. The minimum Gasteiger partial charge on any atom is -0.457 e. The first kappa shape index (κ1) is 26.3. The van der Waals surface area contributed by atoms with Crippen LogP contribution < -0.4 is 4.74 Å². The fourth-order valence-corrected chi connectivity index (χ4v) is 7.32. The maximum absolute atomic E-state index is 12.6. The molecule has 2 aromatic heterocycles. The second-order valence-electron chi connectivity index (χ2n) is 11.4. The van der Waals surface area contributed by atoms with E-state index in [4.69, 9.17) is 9.72 Å². The van der Waals surface area contributed by atoms with Crippen molar-refractivity contribution in [2.24, 2.45) is 5.92 Å². The Bertz CT molecular complexity index is 1610. The highest BCUT2D eigenvalue weighted by atomic mass is 32.1. The maximum Gasteiger partial charge on any atom is 0.223 e. The van der Waals surface area contributed by atoms with E-state index >= 15 is 0 Å². The third-order valence-electron chi connectivity index (χ3n) is 8.02. The Morgan fingerprint density at radius 2 is 1.76 bits per heavy atom. The summed E-state index contributed by atoms with van der Waals surface area (Å²) in [6.07, 6.45) is 3.39. The van der Waals surface area contributed by atoms with Crippen LogP contribution in [0.1, 0.15) is 54.8 Å². The summed E-state index contributed by atoms with van der Waals surface area (Å²) in [4.78, 5) is 34.0. The second kappa shape index (κ2) is 10.6. The lowest BCUT2D eigenvalue weighted by Gasteiger charge is -2.19. The Kier molecular flexibility index (Phi) is 6.83. The van der Waals surface area contributed by atoms with Crippen LogP contribution in [-0.2, 0) is 16.1 Å². The highest BCUT2D eigenvalue weighted by Gasteiger charge is 2.40. The smallest absolute Gasteiger partial charge is 0.223 e. The van der Waals surface area contributed by atoms with Crippen LogP contribution in [-0.4, -0.2) is 55.9 Å². The number of hydrogen-bond acceptors (Lipinski definition) is 8. The van der Waals surface area contributed by atoms with Gasteiger partial charge in [0.05, 0.1) is 5.69 Å². The zero-order chi connectivity index (χ0) is 28.1. The Morgan fingerprint density at radius 1 is 0.951 bits per heavy atom. The van der Waals surface area contributed by atoms with Gasteiger partial charge in [-0.05, 0) is 56.0 Å². The molecule has 2 aromatic carbocycles. The van der Waals surface area contributed by atoms with Gasteiger partial charge in [0, 0.05) is 66.5 Å². The zero-order valence-corrected chi connectivity index (χ0v) is 24.7. The van der Waals surface area contributed by atoms with Crippen LogP contribution in [0.4, 0.5) is 0 Å². The molecule has 2 saturated heterocycles. The molecule has 4 aromatic rings. The molecule has 4 heterocycles. The maximum atomic E-state index is 12.6. The van der Waals surface area contributed by atoms with Crippen molar-refractivity contribution in [1.82, 2.24) is 25.0 Å². The number of aryl methyl sites for hydroxylation is 1. The van der Waals surface area contributed by atoms with Crippen LogP contribution in [0, 0.1) is 12.8 Å². The van der Waals surface area contributed by atoms with Crippen molar-refractivity contribution in [2.45, 2.75) is 58.0 Å². The minimum atomic E-state index is 0.154. The van der Waals surface area contributed by atoms with E-state index in [2.05, 4.69) is 28.6 Å². The topological polar surface area (TPSA) is 88.5 Å². The van der Waals surface area contributed by atoms with Gasteiger partial charge >= 0.3 is 0 Å². The summed E-state index contributed by atoms with van der Waals surface area (Å²) in [7, 11) is 0. The van der Waals surface area contributed by atoms with Gasteiger partial charge in [-0.15, -0.1) is 21.5 Å². The lowest BCUT2D eigenvalue weighted by Crippen LogP contribution is -2.27. The molecular weight excluding hydrogens is 555 g/mol. The van der Waals surface area contributed by atoms with E-state index in [9.17, 15) is 9.59 Å². The molecule has 1 saturated carbocycles. The van der Waals surface area contributed by atoms with Crippen LogP contribution in [0.3, 0.4) is 0 Å². The number of carbonyl (C=O) groups is 2. The number of likely N-dealkylation sites (tertiary alicyclic amines) is 2. The van der Waals surface area contributed by atoms with Crippen molar-refractivity contribution in [3.05, 3.63) is 64.1 Å². The molecule has 2 amide bonds. The average Bonchev–Trinajstić information content (AvgIpc) is 3.26. The lowest BCUT2D eigenvalue weighted by molar-refractivity contribution is -0.129. The molecule has 0 bridgehead atoms. The third kappa shape index (κ3) is 5.50. The third-order valence-corrected chi connectivity index (χ3v) is 9.82. The molecule has 41 heavy (non-hydrogen) atoms. The van der Waals surface area contributed by atoms with Crippen LogP contribution in [0.15, 0.2) is 47.8 Å². The van der Waals surface area contributed by atoms with Crippen molar-refractivity contribution in [2.75, 3.05) is 13.1 Å². The van der Waals surface area contributed by atoms with E-state index in [0.717, 1.165) is 63.3 Å². The minimum absolute atomic E-state index is 0.154. The van der Waals surface area contributed by atoms with Gasteiger partial charge in [-0.3, -0.25) is 9.59 Å². The van der Waals surface area contributed by atoms with Crippen molar-refractivity contribution in [3.63, 3.8) is 0 Å². The summed E-state index contributed by atoms with van der Waals surface area (Å²) in [5, 5.41) is 13.2. The number of hydrogen-bond donors (Lipinski definition) is 0. The fraction of sp³-hybridized carbons (Fsp3) is 0.387. The van der Waals surface area contributed by atoms with Crippen molar-refractivity contribution in [1.29, 1.82) is 0 Å². The van der Waals surface area contributed by atoms with Gasteiger partial charge in [-0.2, -0.15) is 0 Å². The SMILES string of the molecule is Cc1nnc(-c2ccc(Oc3cc(-c4nc(C5CC(=O)N(C6CC6)C5)cs4)ccc3CN3C[C@@H](C)CC3=O)cc2)s1. The Hall–Kier alpha value is -3.63. The first-order valence-corrected chi connectivity index (χ1v) is 15.8. The monoisotopic (exact) mass is 585 g/mol. The molecule has 0 spiro atoms. The number of aromatic nitrogens is 3. The molecule has 1 aliphatic carbocycles. The number of benzene rings is 2. The molecule has 8 nitrogen and oxygen atoms in total. The second-order valence-corrected chi connectivity index (χ2v) is 13.5. The fourth-order valence-electron chi connectivity index (χ4n) is 5.72. The molecule has 10 heteroatoms. The van der Waals surface area contributed by atoms with E-state index in [1.54, 1.807) is 22.7 Å². The number of amides is 2. The number of rotatable bonds is 8. The van der Waals surface area contributed by atoms with E-state index in [1.165, 1.54) is 0 Å². The molecule has 3 aliphatic rings. The van der Waals surface area contributed by atoms with Gasteiger partial charge in [0.1, 0.15) is 26.5 Å². The molecule has 2 atom stereocenters. The molecule has 2 aliphatic heterocycles. The lowest BCUT2D eigenvalue weighted by atomic mass is 10.1. The molecule has 210 valence electrons. The van der Waals surface area contributed by atoms with Gasteiger partial charge in [-0.1, -0.05) is 30.4 Å². The highest BCUT2D eigenvalue weighted by Crippen LogP contribution is 2.39. The highest BCUT2D eigenvalue weighted by molar-refractivity contribution is 7.14. The summed E-state index contributed by atoms with van der Waals surface area (Å²) in [5.74, 6) is 2.36. The summed E-state index contributed by atoms with van der Waals surface area (Å²) in [5.41, 5.74) is 3.91. The van der Waals surface area contributed by atoms with Crippen LogP contribution in [0.25, 0.3) is 21.1 Å². The first-order valence-electron chi connectivity index (χ1n) is 14.1. The number of carbonyl (C=O) groups excluding carboxylic acids is 2. The summed E-state index contributed by atoms with van der Waals surface area (Å²) in [6, 6.07) is 14.4. The summed E-state index contributed by atoms with van der Waals surface area (Å²) >= 11 is 3.16. The van der Waals surface area contributed by atoms with Gasteiger partial charge in [-0.25, -0.2) is 4.98 Å². The normalized spacial score (nSPS) is 20.8. The van der Waals surface area contributed by atoms with Crippen LogP contribution in [0.5, 0.6) is 11.5 Å². The Labute approximate surface area is 247 Å². The predicted molar refractivity (Wildman–Crippen MR) is 159 cm³/mol. The van der Waals surface area contributed by atoms with Crippen molar-refractivity contribution in [3.8, 4) is 32.6 Å². The van der Waals surface area contributed by atoms with Gasteiger partial charge in [0.25, 0.3) is 0 Å². The Balaban J connectivity index is 1.15. The standard InChI is InChI=1S/C31H31N5O3S2/c1-18-11-28(37)35(14-18)15-22-4-3-21(30-32-26(17-40-30)23-13-29(38)36(16-23)24-7-8-24)12-27(22)39-25-9-5-20(6-10-25)31-34-33-19(2)41-31/h3-6,9-10,12,17-18,23-24H,7-8,11,13-16H2,1-2H3/t18-,23?/m0/s1. The number of ether oxygens (including phenoxy) is 1. The molecule has 0 radical (unpaired) electrons. The van der Waals surface area contributed by atoms with E-state index in [0.29, 0.717) is 42.8 Å². The number of thiazole rings is 1.